The molecule has 0 amide bonds. The molecule has 0 unspecified atom stereocenters. The first kappa shape index (κ1) is 11.7. The number of carbonyl (C=O) groups is 1. The second-order valence-corrected chi connectivity index (χ2v) is 5.21. The first-order valence-electron chi connectivity index (χ1n) is 5.93. The molecule has 0 bridgehead atoms. The molecule has 96 valence electrons. The van der Waals surface area contributed by atoms with Crippen molar-refractivity contribution in [2.24, 2.45) is 0 Å². The average molecular weight is 269 g/mol. The number of aliphatic carboxylic acids is 1. The molecule has 0 spiro atoms. The highest BCUT2D eigenvalue weighted by molar-refractivity contribution is 6.32. The zero-order valence-corrected chi connectivity index (χ0v) is 10.5. The van der Waals surface area contributed by atoms with Gasteiger partial charge in [-0.2, -0.15) is 0 Å². The van der Waals surface area contributed by atoms with Gasteiger partial charge in [-0.3, -0.25) is 4.79 Å². The summed E-state index contributed by atoms with van der Waals surface area (Å²) in [5.41, 5.74) is 0.630. The van der Waals surface area contributed by atoms with E-state index in [0.717, 1.165) is 18.4 Å². The second kappa shape index (κ2) is 4.05. The van der Waals surface area contributed by atoms with Crippen molar-refractivity contribution in [1.82, 2.24) is 0 Å². The highest BCUT2D eigenvalue weighted by Crippen LogP contribution is 2.57. The van der Waals surface area contributed by atoms with E-state index < -0.39 is 5.97 Å². The Morgan fingerprint density at radius 3 is 2.56 bits per heavy atom. The molecule has 1 aromatic carbocycles. The highest BCUT2D eigenvalue weighted by Gasteiger charge is 2.48. The van der Waals surface area contributed by atoms with Crippen molar-refractivity contribution in [2.75, 3.05) is 13.2 Å². The van der Waals surface area contributed by atoms with Crippen LogP contribution in [0, 0.1) is 0 Å². The molecule has 3 rings (SSSR count). The van der Waals surface area contributed by atoms with Crippen LogP contribution >= 0.6 is 11.6 Å². The van der Waals surface area contributed by atoms with Crippen molar-refractivity contribution < 1.29 is 19.4 Å². The Hall–Kier alpha value is -1.42. The van der Waals surface area contributed by atoms with Gasteiger partial charge in [0.1, 0.15) is 13.2 Å². The fraction of sp³-hybridized carbons (Fsp3) is 0.462. The lowest BCUT2D eigenvalue weighted by Gasteiger charge is -2.25. The lowest BCUT2D eigenvalue weighted by Crippen LogP contribution is -2.20. The molecule has 0 aromatic heterocycles. The normalized spacial score (nSPS) is 19.4. The second-order valence-electron chi connectivity index (χ2n) is 4.80. The summed E-state index contributed by atoms with van der Waals surface area (Å²) in [4.78, 5) is 11.0. The lowest BCUT2D eigenvalue weighted by molar-refractivity contribution is -0.137. The van der Waals surface area contributed by atoms with Crippen LogP contribution in [0.25, 0.3) is 0 Å². The predicted molar refractivity (Wildman–Crippen MR) is 65.6 cm³/mol. The lowest BCUT2D eigenvalue weighted by atomic mass is 9.91. The number of halogens is 1. The number of fused-ring (bicyclic) bond motifs is 1. The minimum Gasteiger partial charge on any atom is -0.486 e. The molecular weight excluding hydrogens is 256 g/mol. The van der Waals surface area contributed by atoms with Gasteiger partial charge < -0.3 is 14.6 Å². The van der Waals surface area contributed by atoms with E-state index in [1.54, 1.807) is 6.07 Å². The number of rotatable bonds is 3. The minimum absolute atomic E-state index is 0.129. The molecule has 18 heavy (non-hydrogen) atoms. The van der Waals surface area contributed by atoms with Gasteiger partial charge in [0.15, 0.2) is 11.5 Å². The Morgan fingerprint density at radius 1 is 1.28 bits per heavy atom. The van der Waals surface area contributed by atoms with Crippen molar-refractivity contribution in [1.29, 1.82) is 0 Å². The van der Waals surface area contributed by atoms with Gasteiger partial charge in [-0.15, -0.1) is 0 Å². The minimum atomic E-state index is -0.784. The fourth-order valence-corrected chi connectivity index (χ4v) is 2.71. The molecule has 4 nitrogen and oxygen atoms in total. The summed E-state index contributed by atoms with van der Waals surface area (Å²) in [6.45, 7) is 0.950. The van der Waals surface area contributed by atoms with Crippen LogP contribution in [-0.4, -0.2) is 24.3 Å². The van der Waals surface area contributed by atoms with Gasteiger partial charge in [0.2, 0.25) is 0 Å². The van der Waals surface area contributed by atoms with Gasteiger partial charge in [0.05, 0.1) is 11.4 Å². The van der Waals surface area contributed by atoms with Crippen LogP contribution in [0.15, 0.2) is 12.1 Å². The average Bonchev–Trinajstić information content (AvgIpc) is 3.09. The summed E-state index contributed by atoms with van der Waals surface area (Å²) in [7, 11) is 0. The summed E-state index contributed by atoms with van der Waals surface area (Å²) < 4.78 is 11.2. The quantitative estimate of drug-likeness (QED) is 0.916. The van der Waals surface area contributed by atoms with E-state index in [9.17, 15) is 4.79 Å². The smallest absolute Gasteiger partial charge is 0.304 e. The van der Waals surface area contributed by atoms with E-state index in [-0.39, 0.29) is 11.8 Å². The number of hydrogen-bond acceptors (Lipinski definition) is 3. The van der Waals surface area contributed by atoms with E-state index in [1.165, 1.54) is 0 Å². The maximum atomic E-state index is 11.0. The third kappa shape index (κ3) is 1.81. The van der Waals surface area contributed by atoms with Gasteiger partial charge in [-0.25, -0.2) is 0 Å². The van der Waals surface area contributed by atoms with Crippen LogP contribution in [0.3, 0.4) is 0 Å². The van der Waals surface area contributed by atoms with Crippen molar-refractivity contribution >= 4 is 17.6 Å². The first-order valence-corrected chi connectivity index (χ1v) is 6.31. The molecule has 0 atom stereocenters. The number of carboxylic acids is 1. The van der Waals surface area contributed by atoms with E-state index in [0.29, 0.717) is 29.7 Å². The van der Waals surface area contributed by atoms with Crippen LogP contribution in [-0.2, 0) is 10.2 Å². The Kier molecular flexibility index (Phi) is 2.63. The SMILES string of the molecule is O=C(O)CC1(c2ccc(Cl)c3c2OCCO3)CC1. The maximum absolute atomic E-state index is 11.0. The monoisotopic (exact) mass is 268 g/mol. The number of ether oxygens (including phenoxy) is 2. The largest absolute Gasteiger partial charge is 0.486 e. The first-order chi connectivity index (χ1) is 8.62. The summed E-state index contributed by atoms with van der Waals surface area (Å²) in [5.74, 6) is 0.400. The molecule has 1 fully saturated rings. The molecule has 0 saturated heterocycles. The van der Waals surface area contributed by atoms with Crippen LogP contribution in [0.1, 0.15) is 24.8 Å². The van der Waals surface area contributed by atoms with Gasteiger partial charge in [-0.05, 0) is 18.9 Å². The van der Waals surface area contributed by atoms with Crippen molar-refractivity contribution in [3.8, 4) is 11.5 Å². The zero-order valence-electron chi connectivity index (χ0n) is 9.74. The Balaban J connectivity index is 2.05. The van der Waals surface area contributed by atoms with E-state index in [4.69, 9.17) is 26.2 Å². The molecule has 1 heterocycles. The van der Waals surface area contributed by atoms with Gasteiger partial charge in [0, 0.05) is 11.0 Å². The summed E-state index contributed by atoms with van der Waals surface area (Å²) in [6.07, 6.45) is 1.87. The third-order valence-electron chi connectivity index (χ3n) is 3.55. The summed E-state index contributed by atoms with van der Waals surface area (Å²) in [6, 6.07) is 3.62. The number of hydrogen-bond donors (Lipinski definition) is 1. The summed E-state index contributed by atoms with van der Waals surface area (Å²) >= 11 is 6.07. The molecule has 1 aromatic rings. The molecule has 5 heteroatoms. The molecule has 1 aliphatic carbocycles. The molecule has 0 radical (unpaired) electrons. The maximum Gasteiger partial charge on any atom is 0.304 e. The predicted octanol–water partition coefficient (Wildman–Crippen LogP) is 2.62. The van der Waals surface area contributed by atoms with Crippen molar-refractivity contribution in [3.63, 3.8) is 0 Å². The van der Waals surface area contributed by atoms with Gasteiger partial charge in [-0.1, -0.05) is 17.7 Å². The van der Waals surface area contributed by atoms with E-state index in [1.807, 2.05) is 6.07 Å². The topological polar surface area (TPSA) is 55.8 Å². The highest BCUT2D eigenvalue weighted by atomic mass is 35.5. The fourth-order valence-electron chi connectivity index (χ4n) is 2.50. The third-order valence-corrected chi connectivity index (χ3v) is 3.85. The van der Waals surface area contributed by atoms with Crippen LogP contribution in [0.5, 0.6) is 11.5 Å². The molecule has 1 N–H and O–H groups in total. The molecular formula is C13H13ClO4. The molecule has 2 aliphatic rings. The molecule has 1 aliphatic heterocycles. The van der Waals surface area contributed by atoms with E-state index in [2.05, 4.69) is 0 Å². The Morgan fingerprint density at radius 2 is 1.94 bits per heavy atom. The number of carboxylic acid groups (broad SMARTS) is 1. The van der Waals surface area contributed by atoms with E-state index >= 15 is 0 Å². The van der Waals surface area contributed by atoms with Crippen LogP contribution in [0.4, 0.5) is 0 Å². The van der Waals surface area contributed by atoms with Crippen molar-refractivity contribution in [2.45, 2.75) is 24.7 Å². The standard InChI is InChI=1S/C13H13ClO4/c14-9-2-1-8(11-12(9)18-6-5-17-11)13(3-4-13)7-10(15)16/h1-2H,3-7H2,(H,15,16). The zero-order chi connectivity index (χ0) is 12.8. The molecule has 1 saturated carbocycles. The Bertz CT molecular complexity index is 508. The van der Waals surface area contributed by atoms with Gasteiger partial charge >= 0.3 is 5.97 Å². The van der Waals surface area contributed by atoms with Gasteiger partial charge in [0.25, 0.3) is 0 Å². The van der Waals surface area contributed by atoms with Crippen LogP contribution < -0.4 is 9.47 Å². The van der Waals surface area contributed by atoms with Crippen molar-refractivity contribution in [3.05, 3.63) is 22.7 Å². The van der Waals surface area contributed by atoms with Crippen LogP contribution in [0.2, 0.25) is 5.02 Å². The number of benzene rings is 1. The summed E-state index contributed by atoms with van der Waals surface area (Å²) in [5, 5.41) is 9.52. The Labute approximate surface area is 109 Å².